The van der Waals surface area contributed by atoms with Crippen molar-refractivity contribution in [3.05, 3.63) is 40.4 Å². The average Bonchev–Trinajstić information content (AvgIpc) is 2.87. The minimum Gasteiger partial charge on any atom is -0.444 e. The Bertz CT molecular complexity index is 934. The third-order valence-electron chi connectivity index (χ3n) is 4.71. The van der Waals surface area contributed by atoms with Crippen molar-refractivity contribution in [2.75, 3.05) is 26.2 Å². The van der Waals surface area contributed by atoms with E-state index in [1.807, 2.05) is 20.8 Å². The Hall–Kier alpha value is -2.61. The van der Waals surface area contributed by atoms with Crippen LogP contribution in [0, 0.1) is 12.7 Å². The minimum atomic E-state index is -0.591. The quantitative estimate of drug-likeness (QED) is 0.690. The molecule has 0 atom stereocenters. The van der Waals surface area contributed by atoms with E-state index < -0.39 is 17.5 Å². The van der Waals surface area contributed by atoms with Crippen molar-refractivity contribution in [1.82, 2.24) is 15.0 Å². The Morgan fingerprint density at radius 2 is 1.83 bits per heavy atom. The van der Waals surface area contributed by atoms with Gasteiger partial charge >= 0.3 is 6.09 Å². The third kappa shape index (κ3) is 4.75. The Morgan fingerprint density at radius 3 is 2.50 bits per heavy atom. The molecule has 0 saturated carbocycles. The second-order valence-electron chi connectivity index (χ2n) is 8.17. The van der Waals surface area contributed by atoms with Gasteiger partial charge in [-0.3, -0.25) is 4.79 Å². The lowest BCUT2D eigenvalue weighted by molar-refractivity contribution is 0.0255. The first-order valence-electron chi connectivity index (χ1n) is 9.76. The van der Waals surface area contributed by atoms with E-state index in [1.165, 1.54) is 18.2 Å². The largest absolute Gasteiger partial charge is 0.444 e. The van der Waals surface area contributed by atoms with Crippen LogP contribution in [0.5, 0.6) is 0 Å². The lowest BCUT2D eigenvalue weighted by atomic mass is 10.0. The summed E-state index contributed by atoms with van der Waals surface area (Å²) in [5.74, 6) is -0.645. The maximum Gasteiger partial charge on any atom is 0.410 e. The normalized spacial score (nSPS) is 15.1. The summed E-state index contributed by atoms with van der Waals surface area (Å²) in [6.45, 7) is 8.59. The van der Waals surface area contributed by atoms with Gasteiger partial charge in [-0.1, -0.05) is 22.8 Å². The summed E-state index contributed by atoms with van der Waals surface area (Å²) in [5.41, 5.74) is -0.307. The first-order valence-corrected chi connectivity index (χ1v) is 10.1. The van der Waals surface area contributed by atoms with Crippen LogP contribution in [-0.4, -0.2) is 58.7 Å². The monoisotopic (exact) mass is 437 g/mol. The smallest absolute Gasteiger partial charge is 0.410 e. The number of halogens is 2. The van der Waals surface area contributed by atoms with Gasteiger partial charge in [-0.25, -0.2) is 9.18 Å². The van der Waals surface area contributed by atoms with Crippen LogP contribution >= 0.6 is 11.6 Å². The predicted octanol–water partition coefficient (Wildman–Crippen LogP) is 4.53. The molecule has 1 aromatic carbocycles. The Balaban J connectivity index is 1.82. The van der Waals surface area contributed by atoms with Crippen LogP contribution in [0.3, 0.4) is 0 Å². The molecule has 0 unspecified atom stereocenters. The third-order valence-corrected chi connectivity index (χ3v) is 5.03. The van der Waals surface area contributed by atoms with E-state index in [9.17, 15) is 14.0 Å². The number of carbonyl (C=O) groups is 2. The fourth-order valence-electron chi connectivity index (χ4n) is 3.31. The standard InChI is InChI=1S/C21H25ClFN3O4/c1-13-16(18(24-30-13)17-14(22)7-5-8-15(17)23)19(27)25-9-6-10-26(12-11-25)20(28)29-21(2,3)4/h5,7-8H,6,9-12H2,1-4H3. The minimum absolute atomic E-state index is 0.0320. The van der Waals surface area contributed by atoms with Gasteiger partial charge in [-0.15, -0.1) is 0 Å². The summed E-state index contributed by atoms with van der Waals surface area (Å²) in [6, 6.07) is 4.27. The highest BCUT2D eigenvalue weighted by Gasteiger charge is 2.31. The number of aromatic nitrogens is 1. The van der Waals surface area contributed by atoms with Crippen LogP contribution in [0.25, 0.3) is 11.3 Å². The van der Waals surface area contributed by atoms with Gasteiger partial charge in [0.1, 0.15) is 28.4 Å². The van der Waals surface area contributed by atoms with Gasteiger partial charge in [0.15, 0.2) is 0 Å². The predicted molar refractivity (Wildman–Crippen MR) is 110 cm³/mol. The number of hydrogen-bond acceptors (Lipinski definition) is 5. The van der Waals surface area contributed by atoms with Crippen molar-refractivity contribution in [3.8, 4) is 11.3 Å². The molecule has 0 radical (unpaired) electrons. The van der Waals surface area contributed by atoms with Crippen LogP contribution in [0.1, 0.15) is 43.3 Å². The second-order valence-corrected chi connectivity index (χ2v) is 8.58. The van der Waals surface area contributed by atoms with Crippen molar-refractivity contribution in [1.29, 1.82) is 0 Å². The number of nitrogens with zero attached hydrogens (tertiary/aromatic N) is 3. The summed E-state index contributed by atoms with van der Waals surface area (Å²) in [6.07, 6.45) is 0.183. The highest BCUT2D eigenvalue weighted by molar-refractivity contribution is 6.33. The second kappa shape index (κ2) is 8.63. The molecular weight excluding hydrogens is 413 g/mol. The number of hydrogen-bond donors (Lipinski definition) is 0. The molecule has 30 heavy (non-hydrogen) atoms. The molecule has 0 spiro atoms. The molecule has 162 valence electrons. The zero-order valence-electron chi connectivity index (χ0n) is 17.5. The van der Waals surface area contributed by atoms with E-state index in [0.717, 1.165) is 0 Å². The SMILES string of the molecule is Cc1onc(-c2c(F)cccc2Cl)c1C(=O)N1CCCN(C(=O)OC(C)(C)C)CC1. The lowest BCUT2D eigenvalue weighted by Crippen LogP contribution is -2.40. The molecular formula is C21H25ClFN3O4. The van der Waals surface area contributed by atoms with E-state index in [0.29, 0.717) is 32.6 Å². The fraction of sp³-hybridized carbons (Fsp3) is 0.476. The van der Waals surface area contributed by atoms with Gasteiger partial charge in [0.05, 0.1) is 10.6 Å². The highest BCUT2D eigenvalue weighted by Crippen LogP contribution is 2.34. The number of rotatable bonds is 2. The number of amides is 2. The van der Waals surface area contributed by atoms with E-state index >= 15 is 0 Å². The van der Waals surface area contributed by atoms with Gasteiger partial charge in [0.25, 0.3) is 5.91 Å². The van der Waals surface area contributed by atoms with Crippen LogP contribution in [0.2, 0.25) is 5.02 Å². The van der Waals surface area contributed by atoms with Gasteiger partial charge in [-0.05, 0) is 46.2 Å². The number of benzene rings is 1. The van der Waals surface area contributed by atoms with Gasteiger partial charge in [0, 0.05) is 26.2 Å². The van der Waals surface area contributed by atoms with Gasteiger partial charge < -0.3 is 19.1 Å². The molecule has 7 nitrogen and oxygen atoms in total. The molecule has 1 aliphatic rings. The topological polar surface area (TPSA) is 75.9 Å². The Labute approximate surface area is 179 Å². The van der Waals surface area contributed by atoms with Crippen LogP contribution in [0.4, 0.5) is 9.18 Å². The fourth-order valence-corrected chi connectivity index (χ4v) is 3.56. The lowest BCUT2D eigenvalue weighted by Gasteiger charge is -2.26. The van der Waals surface area contributed by atoms with Gasteiger partial charge in [0.2, 0.25) is 0 Å². The Morgan fingerprint density at radius 1 is 1.17 bits per heavy atom. The number of ether oxygens (including phenoxy) is 1. The van der Waals surface area contributed by atoms with Crippen molar-refractivity contribution in [2.24, 2.45) is 0 Å². The Kier molecular flexibility index (Phi) is 6.36. The van der Waals surface area contributed by atoms with E-state index in [4.69, 9.17) is 20.9 Å². The molecule has 0 N–H and O–H groups in total. The first-order chi connectivity index (χ1) is 14.1. The molecule has 2 amide bonds. The zero-order valence-corrected chi connectivity index (χ0v) is 18.3. The maximum absolute atomic E-state index is 14.4. The highest BCUT2D eigenvalue weighted by atomic mass is 35.5. The summed E-state index contributed by atoms with van der Waals surface area (Å²) in [4.78, 5) is 28.8. The zero-order chi connectivity index (χ0) is 22.1. The number of aryl methyl sites for hydroxylation is 1. The van der Waals surface area contributed by atoms with Crippen LogP contribution in [-0.2, 0) is 4.74 Å². The summed E-state index contributed by atoms with van der Waals surface area (Å²) >= 11 is 6.16. The maximum atomic E-state index is 14.4. The van der Waals surface area contributed by atoms with Crippen molar-refractivity contribution in [3.63, 3.8) is 0 Å². The van der Waals surface area contributed by atoms with Crippen molar-refractivity contribution in [2.45, 2.75) is 39.7 Å². The molecule has 2 heterocycles. The summed E-state index contributed by atoms with van der Waals surface area (Å²) < 4.78 is 25.1. The van der Waals surface area contributed by atoms with E-state index in [1.54, 1.807) is 16.7 Å². The molecule has 1 fully saturated rings. The molecule has 3 rings (SSSR count). The first kappa shape index (κ1) is 22.1. The number of carbonyl (C=O) groups excluding carboxylic acids is 2. The molecule has 9 heteroatoms. The van der Waals surface area contributed by atoms with Crippen molar-refractivity contribution >= 4 is 23.6 Å². The molecule has 1 saturated heterocycles. The van der Waals surface area contributed by atoms with E-state index in [-0.39, 0.29) is 33.5 Å². The van der Waals surface area contributed by atoms with Crippen LogP contribution in [0.15, 0.2) is 22.7 Å². The summed E-state index contributed by atoms with van der Waals surface area (Å²) in [7, 11) is 0. The van der Waals surface area contributed by atoms with Crippen molar-refractivity contribution < 1.29 is 23.2 Å². The summed E-state index contributed by atoms with van der Waals surface area (Å²) in [5, 5.41) is 4.04. The van der Waals surface area contributed by atoms with E-state index in [2.05, 4.69) is 5.16 Å². The average molecular weight is 438 g/mol. The van der Waals surface area contributed by atoms with Crippen LogP contribution < -0.4 is 0 Å². The molecule has 1 aromatic heterocycles. The molecule has 2 aromatic rings. The molecule has 0 bridgehead atoms. The molecule has 0 aliphatic carbocycles. The van der Waals surface area contributed by atoms with Gasteiger partial charge in [-0.2, -0.15) is 0 Å². The molecule has 1 aliphatic heterocycles.